The van der Waals surface area contributed by atoms with Crippen LogP contribution in [0.1, 0.15) is 17.0 Å². The molecule has 0 unspecified atom stereocenters. The molecule has 0 radical (unpaired) electrons. The van der Waals surface area contributed by atoms with E-state index < -0.39 is 11.2 Å². The van der Waals surface area contributed by atoms with E-state index in [4.69, 9.17) is 9.47 Å². The minimum Gasteiger partial charge on any atom is -0.383 e. The summed E-state index contributed by atoms with van der Waals surface area (Å²) < 4.78 is 16.3. The fourth-order valence-electron chi connectivity index (χ4n) is 3.21. The zero-order chi connectivity index (χ0) is 20.6. The summed E-state index contributed by atoms with van der Waals surface area (Å²) in [5.74, 6) is 0.484. The second-order valence-electron chi connectivity index (χ2n) is 6.73. The maximum atomic E-state index is 13.2. The van der Waals surface area contributed by atoms with Crippen LogP contribution in [0, 0.1) is 20.8 Å². The van der Waals surface area contributed by atoms with E-state index in [1.165, 1.54) is 16.2 Å². The molecule has 3 aromatic heterocycles. The summed E-state index contributed by atoms with van der Waals surface area (Å²) in [6, 6.07) is 0. The van der Waals surface area contributed by atoms with Crippen molar-refractivity contribution in [3.05, 3.63) is 37.8 Å². The molecule has 0 spiro atoms. The Morgan fingerprint density at radius 2 is 1.57 bits per heavy atom. The van der Waals surface area contributed by atoms with Crippen LogP contribution in [-0.4, -0.2) is 55.9 Å². The van der Waals surface area contributed by atoms with Crippen molar-refractivity contribution < 1.29 is 9.47 Å². The second-order valence-corrected chi connectivity index (χ2v) is 6.73. The summed E-state index contributed by atoms with van der Waals surface area (Å²) in [7, 11) is 4.73. The number of aromatic nitrogens is 6. The third-order valence-corrected chi connectivity index (χ3v) is 5.09. The summed E-state index contributed by atoms with van der Waals surface area (Å²) in [6.07, 6.45) is 0. The first-order valence-corrected chi connectivity index (χ1v) is 9.04. The molecule has 3 aromatic rings. The smallest absolute Gasteiger partial charge is 0.332 e. The van der Waals surface area contributed by atoms with Crippen LogP contribution in [0.3, 0.4) is 0 Å². The Morgan fingerprint density at radius 1 is 0.964 bits per heavy atom. The monoisotopic (exact) mass is 390 g/mol. The number of fused-ring (bicyclic) bond motifs is 1. The first-order valence-electron chi connectivity index (χ1n) is 9.04. The highest BCUT2D eigenvalue weighted by molar-refractivity contribution is 5.72. The third-order valence-electron chi connectivity index (χ3n) is 5.09. The van der Waals surface area contributed by atoms with E-state index in [1.807, 2.05) is 20.8 Å². The third kappa shape index (κ3) is 3.08. The molecule has 0 amide bonds. The Kier molecular flexibility index (Phi) is 5.52. The van der Waals surface area contributed by atoms with Crippen molar-refractivity contribution in [2.75, 3.05) is 27.4 Å². The first kappa shape index (κ1) is 20.0. The molecule has 0 aliphatic carbocycles. The van der Waals surface area contributed by atoms with Gasteiger partial charge in [0.25, 0.3) is 5.56 Å². The molecule has 0 saturated carbocycles. The number of aryl methyl sites for hydroxylation is 2. The molecule has 10 nitrogen and oxygen atoms in total. The Balaban J connectivity index is 2.38. The number of nitrogens with zero attached hydrogens (tertiary/aromatic N) is 6. The van der Waals surface area contributed by atoms with Crippen molar-refractivity contribution in [2.45, 2.75) is 33.9 Å². The van der Waals surface area contributed by atoms with Crippen LogP contribution in [0.25, 0.3) is 17.1 Å². The van der Waals surface area contributed by atoms with Gasteiger partial charge in [0.2, 0.25) is 5.95 Å². The second kappa shape index (κ2) is 7.72. The van der Waals surface area contributed by atoms with Crippen LogP contribution in [-0.2, 0) is 29.6 Å². The van der Waals surface area contributed by atoms with Crippen LogP contribution in [0.15, 0.2) is 9.59 Å². The van der Waals surface area contributed by atoms with Gasteiger partial charge in [-0.05, 0) is 26.3 Å². The lowest BCUT2D eigenvalue weighted by Crippen LogP contribution is -2.40. The van der Waals surface area contributed by atoms with Gasteiger partial charge in [-0.25, -0.2) is 9.48 Å². The predicted molar refractivity (Wildman–Crippen MR) is 104 cm³/mol. The lowest BCUT2D eigenvalue weighted by molar-refractivity contribution is 0.184. The number of rotatable bonds is 7. The number of imidazole rings is 1. The van der Waals surface area contributed by atoms with Gasteiger partial charge in [0.1, 0.15) is 0 Å². The standard InChI is InChI=1S/C18H26N6O4/c1-11-12(2)20-24(13(11)3)17-19-15-14(22(17)7-9-27-5)16(25)23(8-10-28-6)18(26)21(15)4/h7-10H2,1-6H3. The highest BCUT2D eigenvalue weighted by Crippen LogP contribution is 2.19. The number of hydrogen-bond donors (Lipinski definition) is 0. The molecular weight excluding hydrogens is 364 g/mol. The highest BCUT2D eigenvalue weighted by atomic mass is 16.5. The number of hydrogen-bond acceptors (Lipinski definition) is 6. The topological polar surface area (TPSA) is 98.1 Å². The zero-order valence-electron chi connectivity index (χ0n) is 17.1. The maximum Gasteiger partial charge on any atom is 0.332 e. The average Bonchev–Trinajstić information content (AvgIpc) is 3.17. The summed E-state index contributed by atoms with van der Waals surface area (Å²) in [4.78, 5) is 30.5. The molecule has 3 heterocycles. The van der Waals surface area contributed by atoms with Gasteiger partial charge in [-0.2, -0.15) is 10.1 Å². The van der Waals surface area contributed by atoms with Crippen LogP contribution < -0.4 is 11.2 Å². The van der Waals surface area contributed by atoms with Gasteiger partial charge in [0, 0.05) is 33.5 Å². The quantitative estimate of drug-likeness (QED) is 0.576. The van der Waals surface area contributed by atoms with Gasteiger partial charge in [0.15, 0.2) is 11.2 Å². The van der Waals surface area contributed by atoms with E-state index in [1.54, 1.807) is 23.4 Å². The van der Waals surface area contributed by atoms with Crippen molar-refractivity contribution in [3.63, 3.8) is 0 Å². The van der Waals surface area contributed by atoms with Crippen molar-refractivity contribution in [3.8, 4) is 5.95 Å². The largest absolute Gasteiger partial charge is 0.383 e. The summed E-state index contributed by atoms with van der Waals surface area (Å²) in [6.45, 7) is 7.08. The SMILES string of the molecule is COCCn1c(=O)c2c(nc(-n3nc(C)c(C)c3C)n2CCOC)n(C)c1=O. The summed E-state index contributed by atoms with van der Waals surface area (Å²) >= 11 is 0. The van der Waals surface area contributed by atoms with Gasteiger partial charge in [-0.1, -0.05) is 0 Å². The van der Waals surface area contributed by atoms with Gasteiger partial charge in [-0.3, -0.25) is 13.9 Å². The normalized spacial score (nSPS) is 11.6. The van der Waals surface area contributed by atoms with Gasteiger partial charge in [0.05, 0.1) is 25.5 Å². The molecule has 10 heteroatoms. The van der Waals surface area contributed by atoms with E-state index in [2.05, 4.69) is 10.1 Å². The summed E-state index contributed by atoms with van der Waals surface area (Å²) in [5.41, 5.74) is 2.70. The Labute approximate surface area is 161 Å². The fraction of sp³-hybridized carbons (Fsp3) is 0.556. The highest BCUT2D eigenvalue weighted by Gasteiger charge is 2.23. The Morgan fingerprint density at radius 3 is 2.11 bits per heavy atom. The molecule has 0 bridgehead atoms. The van der Waals surface area contributed by atoms with Crippen molar-refractivity contribution in [1.29, 1.82) is 0 Å². The minimum atomic E-state index is -0.429. The molecule has 152 valence electrons. The van der Waals surface area contributed by atoms with Crippen LogP contribution in [0.4, 0.5) is 0 Å². The minimum absolute atomic E-state index is 0.168. The molecular formula is C18H26N6O4. The van der Waals surface area contributed by atoms with Gasteiger partial charge >= 0.3 is 5.69 Å². The van der Waals surface area contributed by atoms with Crippen molar-refractivity contribution >= 4 is 11.2 Å². The number of ether oxygens (including phenoxy) is 2. The molecule has 0 atom stereocenters. The average molecular weight is 390 g/mol. The molecule has 0 N–H and O–H groups in total. The van der Waals surface area contributed by atoms with Crippen molar-refractivity contribution in [2.24, 2.45) is 7.05 Å². The Hall–Kier alpha value is -2.72. The molecule has 3 rings (SSSR count). The van der Waals surface area contributed by atoms with E-state index in [-0.39, 0.29) is 13.2 Å². The van der Waals surface area contributed by atoms with Gasteiger partial charge < -0.3 is 14.0 Å². The van der Waals surface area contributed by atoms with E-state index >= 15 is 0 Å². The van der Waals surface area contributed by atoms with Crippen LogP contribution in [0.2, 0.25) is 0 Å². The number of methoxy groups -OCH3 is 2. The lowest BCUT2D eigenvalue weighted by Gasteiger charge is -2.11. The fourth-order valence-corrected chi connectivity index (χ4v) is 3.21. The molecule has 0 fully saturated rings. The molecule has 0 aromatic carbocycles. The van der Waals surface area contributed by atoms with E-state index in [9.17, 15) is 9.59 Å². The van der Waals surface area contributed by atoms with Gasteiger partial charge in [-0.15, -0.1) is 0 Å². The maximum absolute atomic E-state index is 13.2. The van der Waals surface area contributed by atoms with E-state index in [0.717, 1.165) is 17.0 Å². The van der Waals surface area contributed by atoms with Crippen LogP contribution in [0.5, 0.6) is 0 Å². The molecule has 28 heavy (non-hydrogen) atoms. The van der Waals surface area contributed by atoms with Crippen molar-refractivity contribution in [1.82, 2.24) is 28.5 Å². The Bertz CT molecular complexity index is 1130. The molecule has 0 saturated heterocycles. The van der Waals surface area contributed by atoms with Crippen LogP contribution >= 0.6 is 0 Å². The summed E-state index contributed by atoms with van der Waals surface area (Å²) in [5, 5.41) is 4.57. The van der Waals surface area contributed by atoms with E-state index in [0.29, 0.717) is 30.3 Å². The lowest BCUT2D eigenvalue weighted by atomic mass is 10.2. The zero-order valence-corrected chi connectivity index (χ0v) is 17.1. The molecule has 0 aliphatic heterocycles. The first-order chi connectivity index (χ1) is 13.3. The molecule has 0 aliphatic rings. The predicted octanol–water partition coefficient (Wildman–Crippen LogP) is 0.300.